The van der Waals surface area contributed by atoms with E-state index in [4.69, 9.17) is 0 Å². The minimum absolute atomic E-state index is 0.180. The molecule has 1 aromatic carbocycles. The van der Waals surface area contributed by atoms with Gasteiger partial charge in [-0.25, -0.2) is 0 Å². The molecule has 2 heterocycles. The minimum atomic E-state index is 0.180. The molecule has 2 aromatic rings. The van der Waals surface area contributed by atoms with Crippen molar-refractivity contribution in [2.45, 2.75) is 6.42 Å². The fraction of sp³-hybridized carbons (Fsp3) is 0.400. The van der Waals surface area contributed by atoms with Crippen LogP contribution in [-0.4, -0.2) is 40.0 Å². The van der Waals surface area contributed by atoms with Crippen LogP contribution in [0.2, 0.25) is 0 Å². The number of aromatic nitrogens is 1. The topological polar surface area (TPSA) is 25.2 Å². The average molecular weight is 274 g/mol. The van der Waals surface area contributed by atoms with Gasteiger partial charge in [-0.2, -0.15) is 11.8 Å². The molecular weight excluding hydrogens is 256 g/mol. The predicted octanol–water partition coefficient (Wildman–Crippen LogP) is 2.76. The molecule has 100 valence electrons. The van der Waals surface area contributed by atoms with Crippen LogP contribution in [0.25, 0.3) is 10.9 Å². The number of para-hydroxylation sites is 1. The van der Waals surface area contributed by atoms with E-state index < -0.39 is 0 Å². The van der Waals surface area contributed by atoms with Crippen molar-refractivity contribution >= 4 is 28.6 Å². The largest absolute Gasteiger partial charge is 0.350 e. The highest BCUT2D eigenvalue weighted by molar-refractivity contribution is 7.99. The van der Waals surface area contributed by atoms with Crippen molar-refractivity contribution in [3.05, 3.63) is 36.0 Å². The third kappa shape index (κ3) is 2.37. The molecule has 1 aliphatic rings. The van der Waals surface area contributed by atoms with Gasteiger partial charge in [0.2, 0.25) is 0 Å². The number of carbonyl (C=O) groups excluding carboxylic acids is 1. The Morgan fingerprint density at radius 1 is 1.21 bits per heavy atom. The number of aryl methyl sites for hydroxylation is 1. The highest BCUT2D eigenvalue weighted by atomic mass is 32.2. The molecule has 3 nitrogen and oxygen atoms in total. The molecule has 0 spiro atoms. The van der Waals surface area contributed by atoms with Gasteiger partial charge in [0.1, 0.15) is 0 Å². The molecule has 1 fully saturated rings. The lowest BCUT2D eigenvalue weighted by Crippen LogP contribution is -2.32. The third-order valence-electron chi connectivity index (χ3n) is 3.64. The lowest BCUT2D eigenvalue weighted by molar-refractivity contribution is 0.0770. The Morgan fingerprint density at radius 3 is 2.95 bits per heavy atom. The van der Waals surface area contributed by atoms with E-state index in [1.807, 2.05) is 52.7 Å². The van der Waals surface area contributed by atoms with Crippen LogP contribution in [0, 0.1) is 0 Å². The van der Waals surface area contributed by atoms with Crippen LogP contribution in [0.1, 0.15) is 16.8 Å². The lowest BCUT2D eigenvalue weighted by atomic mass is 10.1. The van der Waals surface area contributed by atoms with Crippen LogP contribution < -0.4 is 0 Å². The quantitative estimate of drug-likeness (QED) is 0.799. The highest BCUT2D eigenvalue weighted by Gasteiger charge is 2.20. The van der Waals surface area contributed by atoms with Crippen LogP contribution in [0.3, 0.4) is 0 Å². The number of thioether (sulfide) groups is 1. The Labute approximate surface area is 117 Å². The molecule has 4 heteroatoms. The van der Waals surface area contributed by atoms with E-state index in [1.165, 1.54) is 5.75 Å². The standard InChI is InChI=1S/C15H18N2OS/c1-16-11-13(12-5-2-3-6-14(12)16)15(18)17-7-4-9-19-10-8-17/h2-3,5-6,11H,4,7-10H2,1H3. The molecule has 3 rings (SSSR count). The molecule has 0 saturated carbocycles. The summed E-state index contributed by atoms with van der Waals surface area (Å²) in [5.41, 5.74) is 1.96. The second-order valence-electron chi connectivity index (χ2n) is 4.93. The van der Waals surface area contributed by atoms with Gasteiger partial charge in [-0.1, -0.05) is 18.2 Å². The molecule has 1 aromatic heterocycles. The van der Waals surface area contributed by atoms with Gasteiger partial charge in [0.25, 0.3) is 5.91 Å². The number of hydrogen-bond donors (Lipinski definition) is 0. The lowest BCUT2D eigenvalue weighted by Gasteiger charge is -2.19. The van der Waals surface area contributed by atoms with Gasteiger partial charge >= 0.3 is 0 Å². The molecule has 0 aliphatic carbocycles. The smallest absolute Gasteiger partial charge is 0.256 e. The SMILES string of the molecule is Cn1cc(C(=O)N2CCCSCC2)c2ccccc21. The molecule has 1 amide bonds. The van der Waals surface area contributed by atoms with E-state index in [0.29, 0.717) is 0 Å². The van der Waals surface area contributed by atoms with Crippen molar-refractivity contribution in [3.8, 4) is 0 Å². The van der Waals surface area contributed by atoms with Gasteiger partial charge in [0.05, 0.1) is 5.56 Å². The summed E-state index contributed by atoms with van der Waals surface area (Å²) in [7, 11) is 2.00. The summed E-state index contributed by atoms with van der Waals surface area (Å²) in [6.45, 7) is 1.75. The Bertz CT molecular complexity index is 597. The molecule has 0 bridgehead atoms. The Kier molecular flexibility index (Phi) is 3.51. The summed E-state index contributed by atoms with van der Waals surface area (Å²) >= 11 is 1.94. The minimum Gasteiger partial charge on any atom is -0.350 e. The summed E-state index contributed by atoms with van der Waals surface area (Å²) in [5, 5.41) is 1.06. The first-order valence-corrected chi connectivity index (χ1v) is 7.84. The van der Waals surface area contributed by atoms with Gasteiger partial charge in [-0.05, 0) is 18.2 Å². The van der Waals surface area contributed by atoms with Crippen LogP contribution in [0.15, 0.2) is 30.5 Å². The molecule has 0 N–H and O–H groups in total. The summed E-state index contributed by atoms with van der Waals surface area (Å²) in [4.78, 5) is 14.7. The number of nitrogens with zero attached hydrogens (tertiary/aromatic N) is 2. The highest BCUT2D eigenvalue weighted by Crippen LogP contribution is 2.22. The van der Waals surface area contributed by atoms with Gasteiger partial charge < -0.3 is 9.47 Å². The summed E-state index contributed by atoms with van der Waals surface area (Å²) in [5.74, 6) is 2.40. The first-order chi connectivity index (χ1) is 9.27. The molecule has 1 aliphatic heterocycles. The Hall–Kier alpha value is -1.42. The van der Waals surface area contributed by atoms with Crippen molar-refractivity contribution in [1.82, 2.24) is 9.47 Å². The molecule has 0 unspecified atom stereocenters. The number of benzene rings is 1. The maximum atomic E-state index is 12.7. The fourth-order valence-corrected chi connectivity index (χ4v) is 3.52. The molecular formula is C15H18N2OS. The third-order valence-corrected chi connectivity index (χ3v) is 4.69. The summed E-state index contributed by atoms with van der Waals surface area (Å²) < 4.78 is 2.04. The number of fused-ring (bicyclic) bond motifs is 1. The van der Waals surface area contributed by atoms with Crippen LogP contribution in [-0.2, 0) is 7.05 Å². The van der Waals surface area contributed by atoms with E-state index in [-0.39, 0.29) is 5.91 Å². The monoisotopic (exact) mass is 274 g/mol. The first kappa shape index (κ1) is 12.6. The number of amides is 1. The predicted molar refractivity (Wildman–Crippen MR) is 80.8 cm³/mol. The second kappa shape index (κ2) is 5.29. The van der Waals surface area contributed by atoms with Gasteiger partial charge in [0.15, 0.2) is 0 Å². The van der Waals surface area contributed by atoms with E-state index in [0.717, 1.165) is 41.7 Å². The first-order valence-electron chi connectivity index (χ1n) is 6.68. The van der Waals surface area contributed by atoms with E-state index >= 15 is 0 Å². The normalized spacial score (nSPS) is 16.6. The van der Waals surface area contributed by atoms with E-state index in [1.54, 1.807) is 0 Å². The number of hydrogen-bond acceptors (Lipinski definition) is 2. The van der Waals surface area contributed by atoms with Crippen molar-refractivity contribution in [3.63, 3.8) is 0 Å². The van der Waals surface area contributed by atoms with Gasteiger partial charge in [0, 0.05) is 43.0 Å². The zero-order valence-electron chi connectivity index (χ0n) is 11.1. The van der Waals surface area contributed by atoms with Gasteiger partial charge in [-0.3, -0.25) is 4.79 Å². The zero-order chi connectivity index (χ0) is 13.2. The van der Waals surface area contributed by atoms with Crippen LogP contribution in [0.4, 0.5) is 0 Å². The molecule has 1 saturated heterocycles. The van der Waals surface area contributed by atoms with Crippen molar-refractivity contribution in [2.75, 3.05) is 24.6 Å². The maximum absolute atomic E-state index is 12.7. The van der Waals surface area contributed by atoms with Crippen LogP contribution >= 0.6 is 11.8 Å². The zero-order valence-corrected chi connectivity index (χ0v) is 11.9. The van der Waals surface area contributed by atoms with E-state index in [9.17, 15) is 4.79 Å². The summed E-state index contributed by atoms with van der Waals surface area (Å²) in [6.07, 6.45) is 3.06. The van der Waals surface area contributed by atoms with Gasteiger partial charge in [-0.15, -0.1) is 0 Å². The number of rotatable bonds is 1. The maximum Gasteiger partial charge on any atom is 0.256 e. The van der Waals surface area contributed by atoms with Crippen LogP contribution in [0.5, 0.6) is 0 Å². The number of carbonyl (C=O) groups is 1. The fourth-order valence-electron chi connectivity index (χ4n) is 2.63. The van der Waals surface area contributed by atoms with Crippen molar-refractivity contribution in [2.24, 2.45) is 7.05 Å². The van der Waals surface area contributed by atoms with Crippen molar-refractivity contribution in [1.29, 1.82) is 0 Å². The van der Waals surface area contributed by atoms with Crippen molar-refractivity contribution < 1.29 is 4.79 Å². The molecule has 19 heavy (non-hydrogen) atoms. The Morgan fingerprint density at radius 2 is 2.05 bits per heavy atom. The van der Waals surface area contributed by atoms with E-state index in [2.05, 4.69) is 6.07 Å². The molecule has 0 atom stereocenters. The summed E-state index contributed by atoms with van der Waals surface area (Å²) in [6, 6.07) is 8.11. The second-order valence-corrected chi connectivity index (χ2v) is 6.15. The Balaban J connectivity index is 1.97. The average Bonchev–Trinajstić information content (AvgIpc) is 2.64. The molecule has 0 radical (unpaired) electrons.